The van der Waals surface area contributed by atoms with E-state index in [-0.39, 0.29) is 0 Å². The van der Waals surface area contributed by atoms with E-state index in [2.05, 4.69) is 70.4 Å². The molecule has 0 saturated heterocycles. The third kappa shape index (κ3) is 4.62. The molecule has 0 spiro atoms. The molecule has 6 heteroatoms. The quantitative estimate of drug-likeness (QED) is 0.618. The van der Waals surface area contributed by atoms with Gasteiger partial charge >= 0.3 is 0 Å². The molecule has 2 heterocycles. The predicted octanol–water partition coefficient (Wildman–Crippen LogP) is 2.78. The molecule has 1 atom stereocenters. The molecule has 6 nitrogen and oxygen atoms in total. The Morgan fingerprint density at radius 1 is 1.19 bits per heavy atom. The summed E-state index contributed by atoms with van der Waals surface area (Å²) in [5.74, 6) is 3.32. The van der Waals surface area contributed by atoms with Crippen molar-refractivity contribution in [2.45, 2.75) is 59.0 Å². The molecule has 0 bridgehead atoms. The summed E-state index contributed by atoms with van der Waals surface area (Å²) >= 11 is 0. The van der Waals surface area contributed by atoms with Crippen LogP contribution in [0.4, 0.5) is 0 Å². The Morgan fingerprint density at radius 3 is 2.77 bits per heavy atom. The van der Waals surface area contributed by atoms with Gasteiger partial charge in [-0.1, -0.05) is 36.8 Å². The maximum atomic E-state index is 4.71. The zero-order valence-corrected chi connectivity index (χ0v) is 16.1. The maximum absolute atomic E-state index is 4.71. The monoisotopic (exact) mass is 354 g/mol. The number of aryl methyl sites for hydroxylation is 2. The van der Waals surface area contributed by atoms with Crippen molar-refractivity contribution in [2.75, 3.05) is 13.1 Å². The van der Waals surface area contributed by atoms with Gasteiger partial charge in [-0.25, -0.2) is 4.99 Å². The molecule has 0 fully saturated rings. The summed E-state index contributed by atoms with van der Waals surface area (Å²) < 4.78 is 2.23. The number of hydrogen-bond donors (Lipinski definition) is 2. The number of aliphatic imine (C=N–C) groups is 1. The molecule has 1 aromatic carbocycles. The fourth-order valence-corrected chi connectivity index (χ4v) is 3.24. The Hall–Kier alpha value is -2.37. The third-order valence-corrected chi connectivity index (χ3v) is 4.88. The highest BCUT2D eigenvalue weighted by Gasteiger charge is 2.15. The number of aromatic nitrogens is 3. The SMILES string of the molecule is CCNC(=NCc1nnc2n1CCCC2)NCC(C)c1ccc(C)cc1. The average Bonchev–Trinajstić information content (AvgIpc) is 3.07. The Morgan fingerprint density at radius 2 is 2.00 bits per heavy atom. The normalized spacial score (nSPS) is 15.4. The highest BCUT2D eigenvalue weighted by molar-refractivity contribution is 5.79. The van der Waals surface area contributed by atoms with Crippen LogP contribution in [0.1, 0.15) is 55.4 Å². The number of benzene rings is 1. The summed E-state index contributed by atoms with van der Waals surface area (Å²) in [6.07, 6.45) is 3.44. The van der Waals surface area contributed by atoms with Crippen LogP contribution in [-0.4, -0.2) is 33.8 Å². The van der Waals surface area contributed by atoms with Gasteiger partial charge in [0.25, 0.3) is 0 Å². The van der Waals surface area contributed by atoms with Gasteiger partial charge in [0.1, 0.15) is 12.4 Å². The van der Waals surface area contributed by atoms with Crippen LogP contribution in [-0.2, 0) is 19.5 Å². The van der Waals surface area contributed by atoms with Gasteiger partial charge in [-0.2, -0.15) is 0 Å². The van der Waals surface area contributed by atoms with Crippen LogP contribution >= 0.6 is 0 Å². The smallest absolute Gasteiger partial charge is 0.191 e. The van der Waals surface area contributed by atoms with Gasteiger partial charge in [0.15, 0.2) is 11.8 Å². The van der Waals surface area contributed by atoms with Crippen molar-refractivity contribution in [3.8, 4) is 0 Å². The summed E-state index contributed by atoms with van der Waals surface area (Å²) in [5.41, 5.74) is 2.63. The van der Waals surface area contributed by atoms with Gasteiger partial charge in [-0.15, -0.1) is 10.2 Å². The standard InChI is InChI=1S/C20H30N6/c1-4-21-20(22-13-16(3)17-10-8-15(2)9-11-17)23-14-19-25-24-18-7-5-6-12-26(18)19/h8-11,16H,4-7,12-14H2,1-3H3,(H2,21,22,23). The van der Waals surface area contributed by atoms with Crippen LogP contribution in [0.15, 0.2) is 29.3 Å². The summed E-state index contributed by atoms with van der Waals surface area (Å²) in [5, 5.41) is 15.4. The van der Waals surface area contributed by atoms with Gasteiger partial charge < -0.3 is 15.2 Å². The number of guanidine groups is 1. The van der Waals surface area contributed by atoms with E-state index in [1.807, 2.05) is 0 Å². The molecule has 0 aliphatic carbocycles. The van der Waals surface area contributed by atoms with Crippen molar-refractivity contribution in [3.05, 3.63) is 47.0 Å². The third-order valence-electron chi connectivity index (χ3n) is 4.88. The summed E-state index contributed by atoms with van der Waals surface area (Å²) in [7, 11) is 0. The number of hydrogen-bond acceptors (Lipinski definition) is 3. The molecule has 26 heavy (non-hydrogen) atoms. The van der Waals surface area contributed by atoms with Gasteiger partial charge in [0, 0.05) is 26.1 Å². The zero-order valence-electron chi connectivity index (χ0n) is 16.1. The Bertz CT molecular complexity index is 731. The Kier molecular flexibility index (Phi) is 6.26. The molecule has 140 valence electrons. The minimum Gasteiger partial charge on any atom is -0.357 e. The van der Waals surface area contributed by atoms with Crippen LogP contribution in [0.5, 0.6) is 0 Å². The summed E-state index contributed by atoms with van der Waals surface area (Å²) in [4.78, 5) is 4.71. The summed E-state index contributed by atoms with van der Waals surface area (Å²) in [6.45, 7) is 9.68. The van der Waals surface area contributed by atoms with E-state index in [1.54, 1.807) is 0 Å². The largest absolute Gasteiger partial charge is 0.357 e. The van der Waals surface area contributed by atoms with Crippen molar-refractivity contribution in [3.63, 3.8) is 0 Å². The van der Waals surface area contributed by atoms with Crippen LogP contribution in [0.25, 0.3) is 0 Å². The minimum atomic E-state index is 0.417. The van der Waals surface area contributed by atoms with Crippen molar-refractivity contribution in [1.29, 1.82) is 0 Å². The van der Waals surface area contributed by atoms with E-state index in [9.17, 15) is 0 Å². The number of nitrogens with one attached hydrogen (secondary N) is 2. The van der Waals surface area contributed by atoms with E-state index in [4.69, 9.17) is 4.99 Å². The van der Waals surface area contributed by atoms with Crippen molar-refractivity contribution < 1.29 is 0 Å². The van der Waals surface area contributed by atoms with Crippen molar-refractivity contribution in [2.24, 2.45) is 4.99 Å². The average molecular weight is 355 g/mol. The molecule has 0 amide bonds. The molecule has 2 aromatic rings. The first-order valence-corrected chi connectivity index (χ1v) is 9.67. The molecule has 0 saturated carbocycles. The molecule has 2 N–H and O–H groups in total. The topological polar surface area (TPSA) is 67.1 Å². The van der Waals surface area contributed by atoms with E-state index in [1.165, 1.54) is 24.0 Å². The van der Waals surface area contributed by atoms with Gasteiger partial charge in [-0.3, -0.25) is 0 Å². The van der Waals surface area contributed by atoms with E-state index >= 15 is 0 Å². The highest BCUT2D eigenvalue weighted by Crippen LogP contribution is 2.16. The Labute approximate surface area is 156 Å². The van der Waals surface area contributed by atoms with E-state index < -0.39 is 0 Å². The molecule has 3 rings (SSSR count). The fourth-order valence-electron chi connectivity index (χ4n) is 3.24. The van der Waals surface area contributed by atoms with Gasteiger partial charge in [0.05, 0.1) is 0 Å². The molecular weight excluding hydrogens is 324 g/mol. The lowest BCUT2D eigenvalue weighted by Crippen LogP contribution is -2.39. The summed E-state index contributed by atoms with van der Waals surface area (Å²) in [6, 6.07) is 8.74. The molecule has 1 unspecified atom stereocenters. The first-order valence-electron chi connectivity index (χ1n) is 9.67. The zero-order chi connectivity index (χ0) is 18.4. The van der Waals surface area contributed by atoms with Crippen molar-refractivity contribution >= 4 is 5.96 Å². The van der Waals surface area contributed by atoms with E-state index in [0.717, 1.165) is 43.7 Å². The predicted molar refractivity (Wildman–Crippen MR) is 105 cm³/mol. The lowest BCUT2D eigenvalue weighted by Gasteiger charge is -2.17. The number of nitrogens with zero attached hydrogens (tertiary/aromatic N) is 4. The first kappa shape index (κ1) is 18.4. The molecule has 1 aliphatic heterocycles. The second-order valence-electron chi connectivity index (χ2n) is 7.03. The minimum absolute atomic E-state index is 0.417. The number of rotatable bonds is 6. The van der Waals surface area contributed by atoms with Crippen LogP contribution in [0.3, 0.4) is 0 Å². The van der Waals surface area contributed by atoms with E-state index in [0.29, 0.717) is 12.5 Å². The molecular formula is C20H30N6. The molecule has 0 radical (unpaired) electrons. The second kappa shape index (κ2) is 8.83. The Balaban J connectivity index is 1.60. The fraction of sp³-hybridized carbons (Fsp3) is 0.550. The molecule has 1 aliphatic rings. The lowest BCUT2D eigenvalue weighted by atomic mass is 10.0. The molecule has 1 aromatic heterocycles. The first-order chi connectivity index (χ1) is 12.7. The highest BCUT2D eigenvalue weighted by atomic mass is 15.3. The van der Waals surface area contributed by atoms with Crippen LogP contribution in [0, 0.1) is 6.92 Å². The van der Waals surface area contributed by atoms with Crippen LogP contribution in [0.2, 0.25) is 0 Å². The van der Waals surface area contributed by atoms with Crippen LogP contribution < -0.4 is 10.6 Å². The maximum Gasteiger partial charge on any atom is 0.191 e. The van der Waals surface area contributed by atoms with Gasteiger partial charge in [0.2, 0.25) is 0 Å². The van der Waals surface area contributed by atoms with Gasteiger partial charge in [-0.05, 0) is 38.2 Å². The second-order valence-corrected chi connectivity index (χ2v) is 7.03. The number of fused-ring (bicyclic) bond motifs is 1. The van der Waals surface area contributed by atoms with Crippen molar-refractivity contribution in [1.82, 2.24) is 25.4 Å². The lowest BCUT2D eigenvalue weighted by molar-refractivity contribution is 0.508.